The first-order valence-corrected chi connectivity index (χ1v) is 6.48. The highest BCUT2D eigenvalue weighted by Crippen LogP contribution is 2.34. The molecule has 1 saturated heterocycles. The van der Waals surface area contributed by atoms with Gasteiger partial charge in [-0.05, 0) is 12.1 Å². The van der Waals surface area contributed by atoms with Gasteiger partial charge in [0.1, 0.15) is 12.0 Å². The van der Waals surface area contributed by atoms with Crippen LogP contribution in [0.5, 0.6) is 0 Å². The highest BCUT2D eigenvalue weighted by molar-refractivity contribution is 6.47. The molecular formula is C13H10ClN3O4. The monoisotopic (exact) mass is 307 g/mol. The van der Waals surface area contributed by atoms with Gasteiger partial charge in [0.2, 0.25) is 5.91 Å². The van der Waals surface area contributed by atoms with Crippen molar-refractivity contribution < 1.29 is 19.1 Å². The number of hydrogen-bond donors (Lipinski definition) is 1. The summed E-state index contributed by atoms with van der Waals surface area (Å²) in [5, 5.41) is 4.01. The van der Waals surface area contributed by atoms with E-state index in [4.69, 9.17) is 11.6 Å². The van der Waals surface area contributed by atoms with E-state index in [1.54, 1.807) is 24.3 Å². The molecule has 2 amide bonds. The molecule has 0 radical (unpaired) electrons. The zero-order valence-electron chi connectivity index (χ0n) is 10.9. The van der Waals surface area contributed by atoms with Crippen molar-refractivity contribution in [2.45, 2.75) is 6.04 Å². The molecule has 0 aromatic heterocycles. The number of hydrogen-bond acceptors (Lipinski definition) is 6. The average molecular weight is 308 g/mol. The van der Waals surface area contributed by atoms with Crippen molar-refractivity contribution in [3.63, 3.8) is 0 Å². The first-order valence-electron chi connectivity index (χ1n) is 6.10. The van der Waals surface area contributed by atoms with Crippen molar-refractivity contribution in [1.82, 2.24) is 5.43 Å². The molecule has 0 unspecified atom stereocenters. The Morgan fingerprint density at radius 1 is 1.33 bits per heavy atom. The van der Waals surface area contributed by atoms with Crippen LogP contribution >= 0.6 is 11.6 Å². The molecule has 108 valence electrons. The van der Waals surface area contributed by atoms with Crippen LogP contribution in [0.25, 0.3) is 0 Å². The molecule has 1 N–H and O–H groups in total. The van der Waals surface area contributed by atoms with Gasteiger partial charge < -0.3 is 4.74 Å². The van der Waals surface area contributed by atoms with E-state index in [0.29, 0.717) is 0 Å². The van der Waals surface area contributed by atoms with Crippen LogP contribution in [-0.2, 0) is 19.1 Å². The minimum absolute atomic E-state index is 0.101. The van der Waals surface area contributed by atoms with Crippen LogP contribution in [0.3, 0.4) is 0 Å². The number of carbonyl (C=O) groups is 3. The molecule has 8 heteroatoms. The van der Waals surface area contributed by atoms with Crippen LogP contribution in [0.1, 0.15) is 0 Å². The van der Waals surface area contributed by atoms with E-state index in [0.717, 1.165) is 4.90 Å². The summed E-state index contributed by atoms with van der Waals surface area (Å²) < 4.78 is 4.57. The van der Waals surface area contributed by atoms with Crippen LogP contribution < -0.4 is 10.3 Å². The van der Waals surface area contributed by atoms with Crippen molar-refractivity contribution in [3.05, 3.63) is 29.3 Å². The summed E-state index contributed by atoms with van der Waals surface area (Å²) in [5.41, 5.74) is 2.70. The number of imide groups is 1. The van der Waals surface area contributed by atoms with Crippen molar-refractivity contribution in [1.29, 1.82) is 0 Å². The number of para-hydroxylation sites is 1. The van der Waals surface area contributed by atoms with Crippen LogP contribution in [-0.4, -0.2) is 36.6 Å². The lowest BCUT2D eigenvalue weighted by Gasteiger charge is -2.16. The molecule has 21 heavy (non-hydrogen) atoms. The molecule has 0 aliphatic carbocycles. The number of fused-ring (bicyclic) bond motifs is 1. The molecule has 0 spiro atoms. The summed E-state index contributed by atoms with van der Waals surface area (Å²) in [6.45, 7) is 0. The Labute approximate surface area is 124 Å². The van der Waals surface area contributed by atoms with Crippen LogP contribution in [0.2, 0.25) is 5.02 Å². The fourth-order valence-corrected chi connectivity index (χ4v) is 2.65. The SMILES string of the molecule is COC(=O)C1=NN[C@H]2C(=O)N(c3ccccc3Cl)C(=O)[C@H]12. The van der Waals surface area contributed by atoms with E-state index in [1.807, 2.05) is 0 Å². The van der Waals surface area contributed by atoms with Crippen LogP contribution in [0.4, 0.5) is 5.69 Å². The van der Waals surface area contributed by atoms with Crippen molar-refractivity contribution in [2.75, 3.05) is 12.0 Å². The lowest BCUT2D eigenvalue weighted by Crippen LogP contribution is -2.36. The Kier molecular flexibility index (Phi) is 3.13. The molecule has 3 rings (SSSR count). The number of nitrogens with one attached hydrogen (secondary N) is 1. The van der Waals surface area contributed by atoms with Gasteiger partial charge in [0, 0.05) is 0 Å². The molecule has 1 fully saturated rings. The first kappa shape index (κ1) is 13.6. The normalized spacial score (nSPS) is 23.7. The topological polar surface area (TPSA) is 88.1 Å². The maximum absolute atomic E-state index is 12.5. The van der Waals surface area contributed by atoms with Gasteiger partial charge in [0.05, 0.1) is 17.8 Å². The van der Waals surface area contributed by atoms with Gasteiger partial charge in [0.25, 0.3) is 5.91 Å². The van der Waals surface area contributed by atoms with E-state index in [-0.39, 0.29) is 16.4 Å². The standard InChI is InChI=1S/C13H10ClN3O4/c1-21-13(20)10-8-9(15-16-10)12(19)17(11(8)18)7-5-3-2-4-6(7)14/h2-5,8-9,15H,1H3/t8-,9+/m0/s1. The molecule has 0 bridgehead atoms. The van der Waals surface area contributed by atoms with E-state index < -0.39 is 29.7 Å². The van der Waals surface area contributed by atoms with E-state index >= 15 is 0 Å². The maximum Gasteiger partial charge on any atom is 0.355 e. The molecule has 7 nitrogen and oxygen atoms in total. The third kappa shape index (κ3) is 1.89. The van der Waals surface area contributed by atoms with Crippen LogP contribution in [0, 0.1) is 5.92 Å². The van der Waals surface area contributed by atoms with Crippen molar-refractivity contribution in [2.24, 2.45) is 11.0 Å². The number of ether oxygens (including phenoxy) is 1. The van der Waals surface area contributed by atoms with Gasteiger partial charge in [0.15, 0.2) is 5.71 Å². The number of benzene rings is 1. The van der Waals surface area contributed by atoms with Crippen molar-refractivity contribution in [3.8, 4) is 0 Å². The number of amides is 2. The van der Waals surface area contributed by atoms with Gasteiger partial charge >= 0.3 is 5.97 Å². The number of esters is 1. The number of halogens is 1. The minimum Gasteiger partial charge on any atom is -0.464 e. The molecular weight excluding hydrogens is 298 g/mol. The summed E-state index contributed by atoms with van der Waals surface area (Å²) >= 11 is 6.03. The van der Waals surface area contributed by atoms with Gasteiger partial charge in [-0.3, -0.25) is 15.0 Å². The Balaban J connectivity index is 2.00. The molecule has 2 aliphatic rings. The third-order valence-electron chi connectivity index (χ3n) is 3.41. The lowest BCUT2D eigenvalue weighted by atomic mass is 9.99. The second-order valence-electron chi connectivity index (χ2n) is 4.54. The van der Waals surface area contributed by atoms with E-state index in [9.17, 15) is 14.4 Å². The summed E-state index contributed by atoms with van der Waals surface area (Å²) in [5.74, 6) is -2.77. The highest BCUT2D eigenvalue weighted by Gasteiger charge is 2.55. The molecule has 0 saturated carbocycles. The number of nitrogens with zero attached hydrogens (tertiary/aromatic N) is 2. The Morgan fingerprint density at radius 2 is 2.05 bits per heavy atom. The minimum atomic E-state index is -0.985. The largest absolute Gasteiger partial charge is 0.464 e. The number of methoxy groups -OCH3 is 1. The highest BCUT2D eigenvalue weighted by atomic mass is 35.5. The van der Waals surface area contributed by atoms with E-state index in [2.05, 4.69) is 15.3 Å². The lowest BCUT2D eigenvalue weighted by molar-refractivity contribution is -0.133. The summed E-state index contributed by atoms with van der Waals surface area (Å²) in [6, 6.07) is 5.60. The smallest absolute Gasteiger partial charge is 0.355 e. The second kappa shape index (κ2) is 4.85. The maximum atomic E-state index is 12.5. The van der Waals surface area contributed by atoms with Gasteiger partial charge in [-0.25, -0.2) is 9.69 Å². The molecule has 2 aliphatic heterocycles. The Hall–Kier alpha value is -2.41. The fraction of sp³-hybridized carbons (Fsp3) is 0.231. The number of rotatable bonds is 2. The third-order valence-corrected chi connectivity index (χ3v) is 3.73. The van der Waals surface area contributed by atoms with E-state index in [1.165, 1.54) is 7.11 Å². The quantitative estimate of drug-likeness (QED) is 0.628. The first-order chi connectivity index (χ1) is 10.1. The van der Waals surface area contributed by atoms with Gasteiger partial charge in [-0.1, -0.05) is 23.7 Å². The summed E-state index contributed by atoms with van der Waals surface area (Å²) in [6.07, 6.45) is 0. The Morgan fingerprint density at radius 3 is 2.71 bits per heavy atom. The molecule has 1 aromatic rings. The number of carbonyl (C=O) groups excluding carboxylic acids is 3. The second-order valence-corrected chi connectivity index (χ2v) is 4.94. The summed E-state index contributed by atoms with van der Waals surface area (Å²) in [7, 11) is 1.19. The zero-order chi connectivity index (χ0) is 15.1. The predicted molar refractivity (Wildman–Crippen MR) is 73.8 cm³/mol. The predicted octanol–water partition coefficient (Wildman–Crippen LogP) is 0.330. The molecule has 2 heterocycles. The molecule has 1 aromatic carbocycles. The fourth-order valence-electron chi connectivity index (χ4n) is 2.43. The van der Waals surface area contributed by atoms with Crippen LogP contribution in [0.15, 0.2) is 29.4 Å². The summed E-state index contributed by atoms with van der Waals surface area (Å²) in [4.78, 5) is 37.5. The Bertz CT molecular complexity index is 688. The molecule has 2 atom stereocenters. The zero-order valence-corrected chi connectivity index (χ0v) is 11.6. The number of hydrazone groups is 1. The average Bonchev–Trinajstić information content (AvgIpc) is 3.01. The van der Waals surface area contributed by atoms with Gasteiger partial charge in [-0.15, -0.1) is 0 Å². The van der Waals surface area contributed by atoms with Gasteiger partial charge in [-0.2, -0.15) is 5.10 Å². The number of anilines is 1. The van der Waals surface area contributed by atoms with Crippen molar-refractivity contribution >= 4 is 40.8 Å².